The van der Waals surface area contributed by atoms with Crippen LogP contribution in [-0.4, -0.2) is 80.8 Å². The number of anilines is 1. The van der Waals surface area contributed by atoms with E-state index < -0.39 is 54.6 Å². The molecule has 3 unspecified atom stereocenters. The van der Waals surface area contributed by atoms with E-state index in [4.69, 9.17) is 14.5 Å². The Morgan fingerprint density at radius 2 is 1.78 bits per heavy atom. The van der Waals surface area contributed by atoms with E-state index in [9.17, 15) is 33.7 Å². The number of ether oxygens (including phenoxy) is 1. The molecule has 0 radical (unpaired) electrons. The van der Waals surface area contributed by atoms with Gasteiger partial charge >= 0.3 is 23.5 Å². The average Bonchev–Trinajstić information content (AvgIpc) is 3.26. The van der Waals surface area contributed by atoms with Crippen molar-refractivity contribution in [2.24, 2.45) is 0 Å². The molecule has 2 aromatic heterocycles. The maximum Gasteiger partial charge on any atom is 0.490 e. The minimum Gasteiger partial charge on any atom is -0.387 e. The number of aliphatic hydroxyl groups excluding tert-OH is 2. The Morgan fingerprint density at radius 1 is 1.08 bits per heavy atom. The Bertz CT molecular complexity index is 1260. The highest BCUT2D eigenvalue weighted by Gasteiger charge is 2.47. The highest BCUT2D eigenvalue weighted by molar-refractivity contribution is 7.66. The molecule has 1 aliphatic heterocycles. The summed E-state index contributed by atoms with van der Waals surface area (Å²) in [6.45, 7) is 3.37. The molecule has 6 atom stereocenters. The fourth-order valence-corrected chi connectivity index (χ4v) is 6.12. The largest absolute Gasteiger partial charge is 0.490 e. The molecule has 21 heteroatoms. The zero-order valence-electron chi connectivity index (χ0n) is 18.6. The molecule has 1 fully saturated rings. The number of hydrogen-bond donors (Lipinski definition) is 7. The number of phosphoric ester groups is 1. The Balaban J connectivity index is 1.71. The maximum atomic E-state index is 11.9. The molecule has 0 aliphatic carbocycles. The number of phosphoric acid groups is 3. The highest BCUT2D eigenvalue weighted by atomic mass is 31.3. The summed E-state index contributed by atoms with van der Waals surface area (Å²) in [7, 11) is -16.7. The molecule has 1 saturated heterocycles. The number of imidazole rings is 1. The van der Waals surface area contributed by atoms with Gasteiger partial charge in [-0.2, -0.15) is 8.62 Å². The Morgan fingerprint density at radius 3 is 2.42 bits per heavy atom. The van der Waals surface area contributed by atoms with E-state index in [1.54, 1.807) is 0 Å². The van der Waals surface area contributed by atoms with Gasteiger partial charge in [0.15, 0.2) is 23.2 Å². The van der Waals surface area contributed by atoms with Gasteiger partial charge in [0.25, 0.3) is 0 Å². The zero-order valence-corrected chi connectivity index (χ0v) is 21.3. The van der Waals surface area contributed by atoms with Gasteiger partial charge in [-0.3, -0.25) is 9.09 Å². The van der Waals surface area contributed by atoms with E-state index >= 15 is 0 Å². The number of nitrogens with zero attached hydrogens (tertiary/aromatic N) is 4. The highest BCUT2D eigenvalue weighted by Crippen LogP contribution is 2.66. The second-order valence-electron chi connectivity index (χ2n) is 7.64. The van der Waals surface area contributed by atoms with Crippen LogP contribution in [0.15, 0.2) is 24.3 Å². The first-order chi connectivity index (χ1) is 16.6. The van der Waals surface area contributed by atoms with Gasteiger partial charge in [-0.15, -0.1) is 0 Å². The van der Waals surface area contributed by atoms with Crippen LogP contribution in [-0.2, 0) is 31.6 Å². The number of fused-ring (bicyclic) bond motifs is 1. The summed E-state index contributed by atoms with van der Waals surface area (Å²) in [4.78, 5) is 48.3. The molecule has 0 saturated carbocycles. The molecule has 36 heavy (non-hydrogen) atoms. The Kier molecular flexibility index (Phi) is 8.85. The fourth-order valence-electron chi connectivity index (χ4n) is 3.09. The summed E-state index contributed by atoms with van der Waals surface area (Å²) < 4.78 is 52.6. The molecule has 2 aromatic rings. The second-order valence-corrected chi connectivity index (χ2v) is 12.1. The van der Waals surface area contributed by atoms with Crippen molar-refractivity contribution in [2.75, 3.05) is 18.5 Å². The summed E-state index contributed by atoms with van der Waals surface area (Å²) in [5.74, 6) is 0.397. The quantitative estimate of drug-likeness (QED) is 0.139. The molecule has 202 valence electrons. The number of nitrogens with one attached hydrogen (secondary N) is 1. The normalized spacial score (nSPS) is 25.9. The lowest BCUT2D eigenvalue weighted by Crippen LogP contribution is -2.33. The Hall–Kier alpha value is -1.62. The van der Waals surface area contributed by atoms with Crippen LogP contribution < -0.4 is 5.32 Å². The molecule has 7 N–H and O–H groups in total. The minimum atomic E-state index is -5.71. The van der Waals surface area contributed by atoms with Gasteiger partial charge in [-0.05, 0) is 13.8 Å². The van der Waals surface area contributed by atoms with Crippen LogP contribution in [0.1, 0.15) is 20.1 Å². The van der Waals surface area contributed by atoms with E-state index in [0.717, 1.165) is 5.57 Å². The van der Waals surface area contributed by atoms with Crippen molar-refractivity contribution in [3.63, 3.8) is 0 Å². The van der Waals surface area contributed by atoms with E-state index in [1.807, 2.05) is 19.9 Å². The van der Waals surface area contributed by atoms with Crippen molar-refractivity contribution in [2.45, 2.75) is 38.4 Å². The molecule has 3 rings (SSSR count). The summed E-state index contributed by atoms with van der Waals surface area (Å²) in [5.41, 5.74) is 1.65. The summed E-state index contributed by atoms with van der Waals surface area (Å²) in [6.07, 6.45) is -1.55. The van der Waals surface area contributed by atoms with Crippen LogP contribution in [0.5, 0.6) is 0 Å². The molecule has 18 nitrogen and oxygen atoms in total. The lowest BCUT2D eigenvalue weighted by atomic mass is 10.1. The van der Waals surface area contributed by atoms with Crippen LogP contribution in [0.3, 0.4) is 0 Å². The standard InChI is InChI=1S/C15H24N5O13P3/c1-8(2)3-4-16-13-10-14(18-6-17-13)20(7-19-10)15-12(22)11(21)9(31-15)5-30-35(26,27)33-36(28,29)32-34(23,24)25/h3,6-7,9,11-12,15,21-22H,4-5H2,1-2H3,(H,26,27)(H,28,29)(H,16,17,18)(H2,23,24,25)/t9-,11?,12+,15-/m1/s1. The predicted octanol–water partition coefficient (Wildman–Crippen LogP) is 0.167. The van der Waals surface area contributed by atoms with Gasteiger partial charge in [0.2, 0.25) is 0 Å². The van der Waals surface area contributed by atoms with Crippen LogP contribution in [0.4, 0.5) is 5.82 Å². The summed E-state index contributed by atoms with van der Waals surface area (Å²) >= 11 is 0. The first-order valence-electron chi connectivity index (χ1n) is 9.93. The van der Waals surface area contributed by atoms with Crippen molar-refractivity contribution < 1.29 is 61.4 Å². The maximum absolute atomic E-state index is 11.9. The van der Waals surface area contributed by atoms with E-state index in [0.29, 0.717) is 17.9 Å². The van der Waals surface area contributed by atoms with Crippen LogP contribution >= 0.6 is 23.5 Å². The average molecular weight is 575 g/mol. The lowest BCUT2D eigenvalue weighted by molar-refractivity contribution is -0.0503. The van der Waals surface area contributed by atoms with E-state index in [1.165, 1.54) is 17.2 Å². The lowest BCUT2D eigenvalue weighted by Gasteiger charge is -2.19. The zero-order chi connectivity index (χ0) is 26.9. The van der Waals surface area contributed by atoms with E-state index in [-0.39, 0.29) is 5.65 Å². The van der Waals surface area contributed by atoms with Crippen LogP contribution in [0, 0.1) is 0 Å². The SMILES string of the molecule is CC(C)=CCNc1ncnc2c1ncn2[C@@H]1O[C@H](COP(=O)(O)OP(=O)(O)OP(=O)(O)O)C(O)[C@@H]1O. The van der Waals surface area contributed by atoms with Gasteiger partial charge in [0, 0.05) is 6.54 Å². The number of rotatable bonds is 11. The fraction of sp³-hybridized carbons (Fsp3) is 0.533. The number of hydrogen-bond acceptors (Lipinski definition) is 13. The number of aliphatic hydroxyl groups is 2. The van der Waals surface area contributed by atoms with Crippen molar-refractivity contribution in [3.05, 3.63) is 24.3 Å². The van der Waals surface area contributed by atoms with Crippen LogP contribution in [0.2, 0.25) is 0 Å². The molecule has 0 spiro atoms. The molecule has 0 aromatic carbocycles. The molecule has 0 amide bonds. The molecule has 1 aliphatic rings. The topological polar surface area (TPSA) is 265 Å². The third kappa shape index (κ3) is 7.46. The van der Waals surface area contributed by atoms with Gasteiger partial charge in [-0.1, -0.05) is 11.6 Å². The molecule has 0 bridgehead atoms. The van der Waals surface area contributed by atoms with Gasteiger partial charge in [0.1, 0.15) is 24.6 Å². The van der Waals surface area contributed by atoms with Crippen molar-refractivity contribution in [1.82, 2.24) is 19.5 Å². The molecular weight excluding hydrogens is 551 g/mol. The third-order valence-corrected chi connectivity index (χ3v) is 8.37. The molecule has 3 heterocycles. The second kappa shape index (κ2) is 11.0. The van der Waals surface area contributed by atoms with Crippen molar-refractivity contribution in [3.8, 4) is 0 Å². The first-order valence-corrected chi connectivity index (χ1v) is 14.5. The van der Waals surface area contributed by atoms with Crippen LogP contribution in [0.25, 0.3) is 11.2 Å². The first kappa shape index (κ1) is 28.9. The minimum absolute atomic E-state index is 0.231. The van der Waals surface area contributed by atoms with Gasteiger partial charge in [0.05, 0.1) is 12.9 Å². The molecular formula is C15H24N5O13P3. The van der Waals surface area contributed by atoms with Gasteiger partial charge < -0.3 is 39.8 Å². The summed E-state index contributed by atoms with van der Waals surface area (Å²) in [6, 6.07) is 0. The van der Waals surface area contributed by atoms with Gasteiger partial charge in [-0.25, -0.2) is 28.6 Å². The predicted molar refractivity (Wildman–Crippen MR) is 119 cm³/mol. The van der Waals surface area contributed by atoms with Crippen molar-refractivity contribution >= 4 is 40.4 Å². The number of allylic oxidation sites excluding steroid dienone is 1. The van der Waals surface area contributed by atoms with E-state index in [2.05, 4.69) is 33.4 Å². The Labute approximate surface area is 203 Å². The number of aromatic nitrogens is 4. The summed E-state index contributed by atoms with van der Waals surface area (Å²) in [5, 5.41) is 23.9. The smallest absolute Gasteiger partial charge is 0.387 e. The van der Waals surface area contributed by atoms with Crippen molar-refractivity contribution in [1.29, 1.82) is 0 Å². The monoisotopic (exact) mass is 575 g/mol. The third-order valence-electron chi connectivity index (χ3n) is 4.57.